The van der Waals surface area contributed by atoms with Crippen molar-refractivity contribution in [1.82, 2.24) is 24.6 Å². The maximum atomic E-state index is 12.6. The van der Waals surface area contributed by atoms with Gasteiger partial charge in [0.15, 0.2) is 4.77 Å². The first-order chi connectivity index (χ1) is 14.1. The summed E-state index contributed by atoms with van der Waals surface area (Å²) in [7, 11) is 0. The van der Waals surface area contributed by atoms with Crippen LogP contribution in [0.1, 0.15) is 53.3 Å². The Morgan fingerprint density at radius 3 is 2.66 bits per heavy atom. The minimum Gasteiger partial charge on any atom is -0.349 e. The molecule has 1 aromatic heterocycles. The molecule has 4 rings (SSSR count). The zero-order valence-corrected chi connectivity index (χ0v) is 17.8. The van der Waals surface area contributed by atoms with Crippen LogP contribution in [0.2, 0.25) is 0 Å². The molecule has 1 N–H and O–H groups in total. The second kappa shape index (κ2) is 8.63. The number of hydrogen-bond donors (Lipinski definition) is 1. The van der Waals surface area contributed by atoms with Crippen molar-refractivity contribution < 1.29 is 4.79 Å². The number of nitrogens with zero attached hydrogens (tertiary/aromatic N) is 4. The number of amides is 1. The SMILES string of the molecule is C=CCn1c(C2CC2)nn(CN2CCC(NC(=O)c3ccccc3C)CC2)c1=S. The largest absolute Gasteiger partial charge is 0.349 e. The third kappa shape index (κ3) is 4.51. The molecule has 0 unspecified atom stereocenters. The van der Waals surface area contributed by atoms with E-state index in [2.05, 4.69) is 21.4 Å². The molecule has 2 fully saturated rings. The lowest BCUT2D eigenvalue weighted by Gasteiger charge is -2.32. The van der Waals surface area contributed by atoms with Gasteiger partial charge in [-0.2, -0.15) is 5.10 Å². The topological polar surface area (TPSA) is 55.1 Å². The average Bonchev–Trinajstić information content (AvgIpc) is 3.51. The Hall–Kier alpha value is -2.25. The Labute approximate surface area is 177 Å². The number of piperidine rings is 1. The number of allylic oxidation sites excluding steroid dienone is 1. The van der Waals surface area contributed by atoms with Gasteiger partial charge in [-0.15, -0.1) is 6.58 Å². The van der Waals surface area contributed by atoms with Gasteiger partial charge in [-0.25, -0.2) is 4.68 Å². The molecule has 1 amide bonds. The number of aromatic nitrogens is 3. The van der Waals surface area contributed by atoms with Crippen molar-refractivity contribution in [3.8, 4) is 0 Å². The van der Waals surface area contributed by atoms with E-state index in [1.54, 1.807) is 0 Å². The fraction of sp³-hybridized carbons (Fsp3) is 0.500. The summed E-state index contributed by atoms with van der Waals surface area (Å²) in [4.78, 5) is 14.9. The molecule has 6 nitrogen and oxygen atoms in total. The molecule has 29 heavy (non-hydrogen) atoms. The zero-order valence-electron chi connectivity index (χ0n) is 17.0. The summed E-state index contributed by atoms with van der Waals surface area (Å²) in [6.45, 7) is 9.11. The van der Waals surface area contributed by atoms with Crippen LogP contribution in [0.25, 0.3) is 0 Å². The predicted molar refractivity (Wildman–Crippen MR) is 116 cm³/mol. The molecule has 154 valence electrons. The number of carbonyl (C=O) groups is 1. The predicted octanol–water partition coefficient (Wildman–Crippen LogP) is 3.64. The molecule has 2 aromatic rings. The van der Waals surface area contributed by atoms with Gasteiger partial charge in [0.05, 0.1) is 6.67 Å². The van der Waals surface area contributed by atoms with Gasteiger partial charge in [-0.1, -0.05) is 24.3 Å². The van der Waals surface area contributed by atoms with E-state index in [0.717, 1.165) is 54.2 Å². The summed E-state index contributed by atoms with van der Waals surface area (Å²) in [5, 5.41) is 8.02. The summed E-state index contributed by atoms with van der Waals surface area (Å²) in [5.41, 5.74) is 1.78. The van der Waals surface area contributed by atoms with Crippen LogP contribution in [0, 0.1) is 11.7 Å². The van der Waals surface area contributed by atoms with E-state index in [9.17, 15) is 4.79 Å². The van der Waals surface area contributed by atoms with Crippen LogP contribution in [-0.4, -0.2) is 44.3 Å². The van der Waals surface area contributed by atoms with Gasteiger partial charge < -0.3 is 5.32 Å². The molecule has 0 spiro atoms. The summed E-state index contributed by atoms with van der Waals surface area (Å²) in [6, 6.07) is 7.95. The zero-order chi connectivity index (χ0) is 20.4. The number of aryl methyl sites for hydroxylation is 1. The minimum absolute atomic E-state index is 0.0287. The minimum atomic E-state index is 0.0287. The molecular formula is C22H29N5OS. The first-order valence-corrected chi connectivity index (χ1v) is 10.8. The van der Waals surface area contributed by atoms with E-state index in [1.807, 2.05) is 41.9 Å². The molecule has 0 bridgehead atoms. The van der Waals surface area contributed by atoms with Crippen molar-refractivity contribution >= 4 is 18.1 Å². The first-order valence-electron chi connectivity index (χ1n) is 10.4. The number of likely N-dealkylation sites (tertiary alicyclic amines) is 1. The lowest BCUT2D eigenvalue weighted by molar-refractivity contribution is 0.0895. The second-order valence-electron chi connectivity index (χ2n) is 8.14. The number of hydrogen-bond acceptors (Lipinski definition) is 4. The molecule has 1 aromatic carbocycles. The fourth-order valence-corrected chi connectivity index (χ4v) is 4.26. The van der Waals surface area contributed by atoms with E-state index in [0.29, 0.717) is 12.6 Å². The molecule has 1 saturated carbocycles. The van der Waals surface area contributed by atoms with Crippen LogP contribution in [0.5, 0.6) is 0 Å². The highest BCUT2D eigenvalue weighted by molar-refractivity contribution is 7.71. The summed E-state index contributed by atoms with van der Waals surface area (Å²) >= 11 is 5.67. The second-order valence-corrected chi connectivity index (χ2v) is 8.50. The first kappa shape index (κ1) is 20.0. The quantitative estimate of drug-likeness (QED) is 0.558. The summed E-state index contributed by atoms with van der Waals surface area (Å²) in [5.74, 6) is 1.69. The van der Waals surface area contributed by atoms with Crippen LogP contribution < -0.4 is 5.32 Å². The van der Waals surface area contributed by atoms with Crippen LogP contribution in [0.4, 0.5) is 0 Å². The van der Waals surface area contributed by atoms with Crippen molar-refractivity contribution in [3.05, 3.63) is 58.6 Å². The Bertz CT molecular complexity index is 950. The number of rotatable bonds is 7. The van der Waals surface area contributed by atoms with Gasteiger partial charge >= 0.3 is 0 Å². The van der Waals surface area contributed by atoms with Crippen LogP contribution in [0.3, 0.4) is 0 Å². The van der Waals surface area contributed by atoms with Crippen molar-refractivity contribution in [2.45, 2.75) is 57.8 Å². The maximum absolute atomic E-state index is 12.6. The molecule has 0 radical (unpaired) electrons. The van der Waals surface area contributed by atoms with E-state index in [-0.39, 0.29) is 11.9 Å². The van der Waals surface area contributed by atoms with Gasteiger partial charge in [0, 0.05) is 37.2 Å². The highest BCUT2D eigenvalue weighted by atomic mass is 32.1. The van der Waals surface area contributed by atoms with E-state index < -0.39 is 0 Å². The highest BCUT2D eigenvalue weighted by Crippen LogP contribution is 2.39. The van der Waals surface area contributed by atoms with Gasteiger partial charge in [0.2, 0.25) is 0 Å². The summed E-state index contributed by atoms with van der Waals surface area (Å²) in [6.07, 6.45) is 6.17. The molecule has 2 aliphatic rings. The maximum Gasteiger partial charge on any atom is 0.251 e. The number of carbonyl (C=O) groups excluding carboxylic acids is 1. The Morgan fingerprint density at radius 2 is 2.00 bits per heavy atom. The lowest BCUT2D eigenvalue weighted by Crippen LogP contribution is -2.45. The third-order valence-electron chi connectivity index (χ3n) is 5.85. The van der Waals surface area contributed by atoms with E-state index >= 15 is 0 Å². The normalized spacial score (nSPS) is 18.0. The Balaban J connectivity index is 1.34. The monoisotopic (exact) mass is 411 g/mol. The van der Waals surface area contributed by atoms with Crippen molar-refractivity contribution in [3.63, 3.8) is 0 Å². The van der Waals surface area contributed by atoms with Crippen molar-refractivity contribution in [2.24, 2.45) is 0 Å². The third-order valence-corrected chi connectivity index (χ3v) is 6.28. The Kier molecular flexibility index (Phi) is 5.96. The average molecular weight is 412 g/mol. The van der Waals surface area contributed by atoms with Crippen LogP contribution in [0.15, 0.2) is 36.9 Å². The molecule has 1 aliphatic heterocycles. The highest BCUT2D eigenvalue weighted by Gasteiger charge is 2.30. The number of benzene rings is 1. The van der Waals surface area contributed by atoms with Crippen LogP contribution in [-0.2, 0) is 13.2 Å². The van der Waals surface area contributed by atoms with Gasteiger partial charge in [-0.3, -0.25) is 14.3 Å². The summed E-state index contributed by atoms with van der Waals surface area (Å²) < 4.78 is 4.86. The molecule has 1 saturated heterocycles. The van der Waals surface area contributed by atoms with Crippen LogP contribution >= 0.6 is 12.2 Å². The van der Waals surface area contributed by atoms with Gasteiger partial charge in [0.25, 0.3) is 5.91 Å². The molecule has 1 aliphatic carbocycles. The van der Waals surface area contributed by atoms with Gasteiger partial charge in [0.1, 0.15) is 5.82 Å². The molecular weight excluding hydrogens is 382 g/mol. The van der Waals surface area contributed by atoms with Gasteiger partial charge in [-0.05, 0) is 56.5 Å². The van der Waals surface area contributed by atoms with Crippen molar-refractivity contribution in [2.75, 3.05) is 13.1 Å². The molecule has 7 heteroatoms. The Morgan fingerprint density at radius 1 is 1.28 bits per heavy atom. The standard InChI is InChI=1S/C22H29N5OS/c1-3-12-26-20(17-8-9-17)24-27(22(26)29)15-25-13-10-18(11-14-25)23-21(28)19-7-5-4-6-16(19)2/h3-7,17-18H,1,8-15H2,2H3,(H,23,28). The fourth-order valence-electron chi connectivity index (χ4n) is 3.99. The van der Waals surface area contributed by atoms with Crippen molar-refractivity contribution in [1.29, 1.82) is 0 Å². The molecule has 2 heterocycles. The number of nitrogens with one attached hydrogen (secondary N) is 1. The van der Waals surface area contributed by atoms with E-state index in [4.69, 9.17) is 17.3 Å². The lowest BCUT2D eigenvalue weighted by atomic mass is 10.0. The smallest absolute Gasteiger partial charge is 0.251 e. The molecule has 0 atom stereocenters. The van der Waals surface area contributed by atoms with E-state index in [1.165, 1.54) is 12.8 Å².